The van der Waals surface area contributed by atoms with Crippen molar-refractivity contribution in [2.75, 3.05) is 30.8 Å². The second-order valence-electron chi connectivity index (χ2n) is 8.84. The van der Waals surface area contributed by atoms with Crippen LogP contribution >= 0.6 is 11.6 Å². The minimum absolute atomic E-state index is 0.303. The van der Waals surface area contributed by atoms with E-state index in [4.69, 9.17) is 16.3 Å². The Morgan fingerprint density at radius 2 is 1.97 bits per heavy atom. The summed E-state index contributed by atoms with van der Waals surface area (Å²) < 4.78 is 6.10. The molecular formula is C27H27ClN6O2. The Hall–Kier alpha value is -3.88. The van der Waals surface area contributed by atoms with Crippen LogP contribution in [0.25, 0.3) is 22.6 Å². The van der Waals surface area contributed by atoms with Crippen LogP contribution in [0, 0.1) is 0 Å². The Balaban J connectivity index is 1.36. The molecule has 1 fully saturated rings. The molecule has 0 bridgehead atoms. The van der Waals surface area contributed by atoms with Crippen molar-refractivity contribution in [1.29, 1.82) is 0 Å². The number of nitrogens with one attached hydrogen (secondary N) is 3. The lowest BCUT2D eigenvalue weighted by Gasteiger charge is -2.30. The van der Waals surface area contributed by atoms with Crippen LogP contribution in [0.2, 0.25) is 5.02 Å². The zero-order valence-electron chi connectivity index (χ0n) is 19.9. The van der Waals surface area contributed by atoms with Crippen molar-refractivity contribution in [3.05, 3.63) is 72.4 Å². The SMILES string of the molecule is C=CC(=O)Nc1cccc(Oc2c(Cl)cnc3nc(-c4ccc(NC5CCN(C)CC5)cc4)[nH]c23)c1. The number of halogens is 1. The molecule has 1 saturated heterocycles. The van der Waals surface area contributed by atoms with Gasteiger partial charge in [0, 0.05) is 29.0 Å². The molecule has 4 aromatic rings. The molecule has 184 valence electrons. The van der Waals surface area contributed by atoms with E-state index < -0.39 is 0 Å². The molecule has 1 aliphatic heterocycles. The van der Waals surface area contributed by atoms with Crippen LogP contribution in [-0.2, 0) is 4.79 Å². The molecule has 2 aromatic carbocycles. The summed E-state index contributed by atoms with van der Waals surface area (Å²) in [5, 5.41) is 6.69. The van der Waals surface area contributed by atoms with Crippen LogP contribution in [0.5, 0.6) is 11.5 Å². The topological polar surface area (TPSA) is 95.2 Å². The number of carbonyl (C=O) groups excluding carboxylic acids is 1. The Kier molecular flexibility index (Phi) is 6.88. The summed E-state index contributed by atoms with van der Waals surface area (Å²) >= 11 is 6.45. The highest BCUT2D eigenvalue weighted by molar-refractivity contribution is 6.32. The lowest BCUT2D eigenvalue weighted by Crippen LogP contribution is -2.36. The van der Waals surface area contributed by atoms with Gasteiger partial charge in [-0.1, -0.05) is 24.2 Å². The van der Waals surface area contributed by atoms with Gasteiger partial charge in [-0.25, -0.2) is 9.97 Å². The van der Waals surface area contributed by atoms with Gasteiger partial charge in [0.1, 0.15) is 22.1 Å². The number of nitrogens with zero attached hydrogens (tertiary/aromatic N) is 3. The first kappa shape index (κ1) is 23.8. The van der Waals surface area contributed by atoms with E-state index in [1.165, 1.54) is 12.3 Å². The second-order valence-corrected chi connectivity index (χ2v) is 9.25. The number of benzene rings is 2. The fourth-order valence-corrected chi connectivity index (χ4v) is 4.39. The molecule has 0 saturated carbocycles. The van der Waals surface area contributed by atoms with Crippen molar-refractivity contribution in [1.82, 2.24) is 19.9 Å². The van der Waals surface area contributed by atoms with Crippen LogP contribution in [0.3, 0.4) is 0 Å². The summed E-state index contributed by atoms with van der Waals surface area (Å²) in [4.78, 5) is 26.3. The molecule has 3 N–H and O–H groups in total. The van der Waals surface area contributed by atoms with E-state index in [9.17, 15) is 4.79 Å². The van der Waals surface area contributed by atoms with Crippen molar-refractivity contribution in [3.8, 4) is 22.9 Å². The molecule has 0 spiro atoms. The van der Waals surface area contributed by atoms with E-state index in [0.29, 0.717) is 45.2 Å². The Morgan fingerprint density at radius 1 is 1.19 bits per heavy atom. The molecule has 0 radical (unpaired) electrons. The molecule has 0 aliphatic carbocycles. The molecule has 3 heterocycles. The van der Waals surface area contributed by atoms with Gasteiger partial charge in [0.25, 0.3) is 0 Å². The quantitative estimate of drug-likeness (QED) is 0.280. The third-order valence-corrected chi connectivity index (χ3v) is 6.45. The number of imidazole rings is 1. The van der Waals surface area contributed by atoms with Crippen LogP contribution in [-0.4, -0.2) is 51.9 Å². The maximum absolute atomic E-state index is 11.6. The van der Waals surface area contributed by atoms with Gasteiger partial charge in [0.05, 0.1) is 6.20 Å². The molecule has 1 amide bonds. The summed E-state index contributed by atoms with van der Waals surface area (Å²) in [6, 6.07) is 15.7. The third-order valence-electron chi connectivity index (χ3n) is 6.18. The zero-order valence-corrected chi connectivity index (χ0v) is 20.7. The molecule has 8 nitrogen and oxygen atoms in total. The number of ether oxygens (including phenoxy) is 1. The third kappa shape index (κ3) is 5.35. The van der Waals surface area contributed by atoms with E-state index in [1.54, 1.807) is 24.3 Å². The minimum atomic E-state index is -0.303. The fraction of sp³-hybridized carbons (Fsp3) is 0.222. The molecule has 0 unspecified atom stereocenters. The van der Waals surface area contributed by atoms with Crippen LogP contribution in [0.4, 0.5) is 11.4 Å². The average Bonchev–Trinajstić information content (AvgIpc) is 3.32. The second kappa shape index (κ2) is 10.4. The highest BCUT2D eigenvalue weighted by Crippen LogP contribution is 2.36. The van der Waals surface area contributed by atoms with E-state index >= 15 is 0 Å². The van der Waals surface area contributed by atoms with E-state index in [2.05, 4.69) is 56.2 Å². The van der Waals surface area contributed by atoms with Gasteiger partial charge in [-0.3, -0.25) is 4.79 Å². The van der Waals surface area contributed by atoms with Crippen LogP contribution in [0.15, 0.2) is 67.4 Å². The van der Waals surface area contributed by atoms with Gasteiger partial charge in [-0.2, -0.15) is 0 Å². The summed E-state index contributed by atoms with van der Waals surface area (Å²) in [5.74, 6) is 1.28. The van der Waals surface area contributed by atoms with Crippen molar-refractivity contribution in [2.24, 2.45) is 0 Å². The highest BCUT2D eigenvalue weighted by Gasteiger charge is 2.18. The predicted molar refractivity (Wildman–Crippen MR) is 144 cm³/mol. The Bertz CT molecular complexity index is 1390. The first-order chi connectivity index (χ1) is 17.5. The van der Waals surface area contributed by atoms with E-state index in [-0.39, 0.29) is 5.91 Å². The van der Waals surface area contributed by atoms with Gasteiger partial charge < -0.3 is 25.3 Å². The molecule has 36 heavy (non-hydrogen) atoms. The Morgan fingerprint density at radius 3 is 2.72 bits per heavy atom. The number of carbonyl (C=O) groups is 1. The standard InChI is InChI=1S/C27H27ClN6O2/c1-3-23(35)31-20-5-4-6-21(15-20)36-25-22(28)16-29-27-24(25)32-26(33-27)17-7-9-18(10-8-17)30-19-11-13-34(2)14-12-19/h3-10,15-16,19,30H,1,11-14H2,2H3,(H,31,35)(H,29,32,33). The minimum Gasteiger partial charge on any atom is -0.453 e. The molecule has 9 heteroatoms. The normalized spacial score (nSPS) is 14.5. The number of likely N-dealkylation sites (tertiary alicyclic amines) is 1. The number of pyridine rings is 1. The van der Waals surface area contributed by atoms with Crippen molar-refractivity contribution in [3.63, 3.8) is 0 Å². The molecule has 0 atom stereocenters. The number of anilines is 2. The van der Waals surface area contributed by atoms with Crippen LogP contribution < -0.4 is 15.4 Å². The number of aromatic nitrogens is 3. The Labute approximate surface area is 214 Å². The first-order valence-electron chi connectivity index (χ1n) is 11.8. The summed E-state index contributed by atoms with van der Waals surface area (Å²) in [5.41, 5.74) is 3.69. The number of hydrogen-bond donors (Lipinski definition) is 3. The number of rotatable bonds is 7. The van der Waals surface area contributed by atoms with E-state index in [0.717, 1.165) is 37.2 Å². The zero-order chi connectivity index (χ0) is 25.1. The number of piperidine rings is 1. The number of amides is 1. The lowest BCUT2D eigenvalue weighted by atomic mass is 10.0. The molecular weight excluding hydrogens is 476 g/mol. The number of H-pyrrole nitrogens is 1. The van der Waals surface area contributed by atoms with E-state index in [1.807, 2.05) is 12.1 Å². The van der Waals surface area contributed by atoms with Gasteiger partial charge in [0.15, 0.2) is 11.4 Å². The van der Waals surface area contributed by atoms with Crippen molar-refractivity contribution < 1.29 is 9.53 Å². The largest absolute Gasteiger partial charge is 0.453 e. The predicted octanol–water partition coefficient (Wildman–Crippen LogP) is 5.70. The molecule has 1 aliphatic rings. The number of aromatic amines is 1. The van der Waals surface area contributed by atoms with Crippen molar-refractivity contribution >= 4 is 40.0 Å². The summed E-state index contributed by atoms with van der Waals surface area (Å²) in [6.07, 6.45) is 5.00. The first-order valence-corrected chi connectivity index (χ1v) is 12.2. The molecule has 2 aromatic heterocycles. The van der Waals surface area contributed by atoms with Gasteiger partial charge in [-0.05, 0) is 75.5 Å². The number of fused-ring (bicyclic) bond motifs is 1. The van der Waals surface area contributed by atoms with Gasteiger partial charge >= 0.3 is 0 Å². The maximum atomic E-state index is 11.6. The van der Waals surface area contributed by atoms with Gasteiger partial charge in [-0.15, -0.1) is 0 Å². The van der Waals surface area contributed by atoms with Crippen LogP contribution in [0.1, 0.15) is 12.8 Å². The summed E-state index contributed by atoms with van der Waals surface area (Å²) in [7, 11) is 2.16. The average molecular weight is 503 g/mol. The highest BCUT2D eigenvalue weighted by atomic mass is 35.5. The molecule has 5 rings (SSSR count). The van der Waals surface area contributed by atoms with Crippen molar-refractivity contribution in [2.45, 2.75) is 18.9 Å². The summed E-state index contributed by atoms with van der Waals surface area (Å²) in [6.45, 7) is 5.70. The smallest absolute Gasteiger partial charge is 0.247 e. The maximum Gasteiger partial charge on any atom is 0.247 e. The number of hydrogen-bond acceptors (Lipinski definition) is 6. The van der Waals surface area contributed by atoms with Gasteiger partial charge in [0.2, 0.25) is 5.91 Å². The lowest BCUT2D eigenvalue weighted by molar-refractivity contribution is -0.111. The fourth-order valence-electron chi connectivity index (χ4n) is 4.21. The monoisotopic (exact) mass is 502 g/mol.